The first-order valence-electron chi connectivity index (χ1n) is 10.1. The largest absolute Gasteiger partial charge is 0.481 e. The number of nitrogens with zero attached hydrogens (tertiary/aromatic N) is 1. The van der Waals surface area contributed by atoms with E-state index < -0.39 is 21.7 Å². The van der Waals surface area contributed by atoms with Crippen LogP contribution in [0, 0.1) is 0 Å². The maximum atomic E-state index is 13.3. The molecule has 1 fully saturated rings. The fourth-order valence-corrected chi connectivity index (χ4v) is 5.61. The van der Waals surface area contributed by atoms with Gasteiger partial charge in [-0.25, -0.2) is 8.42 Å². The highest BCUT2D eigenvalue weighted by Crippen LogP contribution is 2.36. The lowest BCUT2D eigenvalue weighted by Gasteiger charge is -2.22. The summed E-state index contributed by atoms with van der Waals surface area (Å²) in [4.78, 5) is 24.7. The highest BCUT2D eigenvalue weighted by atomic mass is 32.2. The Morgan fingerprint density at radius 1 is 1.03 bits per heavy atom. The van der Waals surface area contributed by atoms with Gasteiger partial charge in [-0.15, -0.1) is 0 Å². The summed E-state index contributed by atoms with van der Waals surface area (Å²) < 4.78 is 26.2. The van der Waals surface area contributed by atoms with Crippen LogP contribution in [0.25, 0.3) is 0 Å². The Labute approximate surface area is 170 Å². The Morgan fingerprint density at radius 3 is 2.28 bits per heavy atom. The zero-order valence-electron chi connectivity index (χ0n) is 16.4. The summed E-state index contributed by atoms with van der Waals surface area (Å²) in [7, 11) is -3.67. The molecule has 0 spiro atoms. The zero-order chi connectivity index (χ0) is 20.8. The molecule has 2 heterocycles. The first-order valence-corrected chi connectivity index (χ1v) is 12.0. The third-order valence-electron chi connectivity index (χ3n) is 6.25. The average molecular weight is 416 g/mol. The molecule has 0 amide bonds. The minimum Gasteiger partial charge on any atom is -0.481 e. The molecule has 1 saturated carbocycles. The smallest absolute Gasteiger partial charge is 0.312 e. The standard InChI is InChI=1S/C22H25NO5S/c1-29(27,28)19-13-18-17(22(25)26)11-12-23(18)20(19)21(24)16-9-7-15(8-10-16)14-5-3-2-4-6-14/h7-10,13-14,17H,2-6,11-12H2,1H3,(H,25,26). The van der Waals surface area contributed by atoms with E-state index in [0.29, 0.717) is 30.1 Å². The van der Waals surface area contributed by atoms with Gasteiger partial charge in [0, 0.05) is 24.1 Å². The normalized spacial score (nSPS) is 19.8. The van der Waals surface area contributed by atoms with Crippen molar-refractivity contribution in [2.45, 2.75) is 61.8 Å². The van der Waals surface area contributed by atoms with Gasteiger partial charge in [0.1, 0.15) is 5.69 Å². The molecule has 0 radical (unpaired) electrons. The lowest BCUT2D eigenvalue weighted by Crippen LogP contribution is -2.14. The van der Waals surface area contributed by atoms with Crippen molar-refractivity contribution in [2.24, 2.45) is 0 Å². The number of benzene rings is 1. The Hall–Kier alpha value is -2.41. The minimum absolute atomic E-state index is 0.0802. The van der Waals surface area contributed by atoms with Crippen LogP contribution < -0.4 is 0 Å². The van der Waals surface area contributed by atoms with Crippen molar-refractivity contribution in [3.63, 3.8) is 0 Å². The molecule has 6 nitrogen and oxygen atoms in total. The van der Waals surface area contributed by atoms with Crippen LogP contribution in [0.1, 0.15) is 77.7 Å². The van der Waals surface area contributed by atoms with Crippen molar-refractivity contribution in [3.05, 3.63) is 52.8 Å². The Morgan fingerprint density at radius 2 is 1.69 bits per heavy atom. The van der Waals surface area contributed by atoms with Gasteiger partial charge in [-0.1, -0.05) is 43.5 Å². The van der Waals surface area contributed by atoms with Gasteiger partial charge < -0.3 is 9.67 Å². The quantitative estimate of drug-likeness (QED) is 0.751. The number of hydrogen-bond donors (Lipinski definition) is 1. The van der Waals surface area contributed by atoms with Crippen LogP contribution in [0.2, 0.25) is 0 Å². The van der Waals surface area contributed by atoms with E-state index in [1.165, 1.54) is 30.9 Å². The molecule has 1 aromatic heterocycles. The van der Waals surface area contributed by atoms with E-state index in [4.69, 9.17) is 0 Å². The molecule has 154 valence electrons. The second-order valence-electron chi connectivity index (χ2n) is 8.17. The number of carbonyl (C=O) groups excluding carboxylic acids is 1. The molecule has 1 aliphatic heterocycles. The fourth-order valence-electron chi connectivity index (χ4n) is 4.72. The van der Waals surface area contributed by atoms with Crippen LogP contribution in [0.3, 0.4) is 0 Å². The molecule has 1 aromatic carbocycles. The zero-order valence-corrected chi connectivity index (χ0v) is 17.2. The number of fused-ring (bicyclic) bond motifs is 1. The number of carboxylic acid groups (broad SMARTS) is 1. The molecule has 1 unspecified atom stereocenters. The summed E-state index contributed by atoms with van der Waals surface area (Å²) in [5, 5.41) is 9.43. The van der Waals surface area contributed by atoms with E-state index in [2.05, 4.69) is 0 Å². The van der Waals surface area contributed by atoms with Crippen LogP contribution in [0.4, 0.5) is 0 Å². The molecule has 1 atom stereocenters. The number of rotatable bonds is 5. The summed E-state index contributed by atoms with van der Waals surface area (Å²) in [6.45, 7) is 0.322. The van der Waals surface area contributed by atoms with Crippen LogP contribution >= 0.6 is 0 Å². The number of carbonyl (C=O) groups is 2. The first-order chi connectivity index (χ1) is 13.8. The Bertz CT molecular complexity index is 1060. The number of aliphatic carboxylic acids is 1. The summed E-state index contributed by atoms with van der Waals surface area (Å²) in [5.41, 5.74) is 2.11. The van der Waals surface area contributed by atoms with E-state index in [-0.39, 0.29) is 16.4 Å². The fraction of sp³-hybridized carbons (Fsp3) is 0.455. The second-order valence-corrected chi connectivity index (χ2v) is 10.2. The first kappa shape index (κ1) is 19.9. The van der Waals surface area contributed by atoms with E-state index >= 15 is 0 Å². The Kier molecular flexibility index (Phi) is 5.11. The molecular weight excluding hydrogens is 390 g/mol. The molecule has 4 rings (SSSR count). The van der Waals surface area contributed by atoms with Gasteiger partial charge in [-0.05, 0) is 36.8 Å². The van der Waals surface area contributed by atoms with Gasteiger partial charge in [0.15, 0.2) is 9.84 Å². The molecule has 1 N–H and O–H groups in total. The van der Waals surface area contributed by atoms with Crippen LogP contribution in [0.15, 0.2) is 35.2 Å². The van der Waals surface area contributed by atoms with Crippen molar-refractivity contribution >= 4 is 21.6 Å². The molecule has 7 heteroatoms. The minimum atomic E-state index is -3.67. The van der Waals surface area contributed by atoms with Gasteiger partial charge in [0.2, 0.25) is 5.78 Å². The molecule has 1 aliphatic carbocycles. The number of aromatic nitrogens is 1. The lowest BCUT2D eigenvalue weighted by atomic mass is 9.84. The predicted molar refractivity (Wildman–Crippen MR) is 108 cm³/mol. The molecule has 0 saturated heterocycles. The van der Waals surface area contributed by atoms with Crippen molar-refractivity contribution in [1.82, 2.24) is 4.57 Å². The van der Waals surface area contributed by atoms with Gasteiger partial charge >= 0.3 is 5.97 Å². The summed E-state index contributed by atoms with van der Waals surface area (Å²) in [6, 6.07) is 8.84. The highest BCUT2D eigenvalue weighted by Gasteiger charge is 2.36. The SMILES string of the molecule is CS(=O)(=O)c1cc2n(c1C(=O)c1ccc(C3CCCCC3)cc1)CCC2C(=O)O. The number of sulfone groups is 1. The van der Waals surface area contributed by atoms with E-state index in [9.17, 15) is 23.1 Å². The number of ketones is 1. The van der Waals surface area contributed by atoms with Crippen molar-refractivity contribution in [2.75, 3.05) is 6.26 Å². The third kappa shape index (κ3) is 3.64. The van der Waals surface area contributed by atoms with E-state index in [0.717, 1.165) is 19.1 Å². The van der Waals surface area contributed by atoms with Gasteiger partial charge in [0.25, 0.3) is 0 Å². The predicted octanol–water partition coefficient (Wildman–Crippen LogP) is 3.74. The number of carboxylic acids is 1. The molecule has 2 aromatic rings. The molecule has 0 bridgehead atoms. The molecule has 29 heavy (non-hydrogen) atoms. The lowest BCUT2D eigenvalue weighted by molar-refractivity contribution is -0.138. The summed E-state index contributed by atoms with van der Waals surface area (Å²) >= 11 is 0. The second kappa shape index (κ2) is 7.44. The third-order valence-corrected chi connectivity index (χ3v) is 7.36. The van der Waals surface area contributed by atoms with Gasteiger partial charge in [0.05, 0.1) is 10.8 Å². The van der Waals surface area contributed by atoms with Crippen LogP contribution in [-0.4, -0.2) is 36.1 Å². The van der Waals surface area contributed by atoms with E-state index in [1.807, 2.05) is 12.1 Å². The van der Waals surface area contributed by atoms with Crippen molar-refractivity contribution < 1.29 is 23.1 Å². The van der Waals surface area contributed by atoms with Crippen molar-refractivity contribution in [3.8, 4) is 0 Å². The van der Waals surface area contributed by atoms with Gasteiger partial charge in [-0.3, -0.25) is 9.59 Å². The van der Waals surface area contributed by atoms with Crippen LogP contribution in [-0.2, 0) is 21.2 Å². The van der Waals surface area contributed by atoms with E-state index in [1.54, 1.807) is 16.7 Å². The summed E-state index contributed by atoms with van der Waals surface area (Å²) in [5.74, 6) is -1.64. The Balaban J connectivity index is 1.72. The maximum Gasteiger partial charge on any atom is 0.312 e. The van der Waals surface area contributed by atoms with Crippen molar-refractivity contribution in [1.29, 1.82) is 0 Å². The monoisotopic (exact) mass is 415 g/mol. The van der Waals surface area contributed by atoms with Crippen LogP contribution in [0.5, 0.6) is 0 Å². The average Bonchev–Trinajstić information content (AvgIpc) is 3.27. The van der Waals surface area contributed by atoms with Gasteiger partial charge in [-0.2, -0.15) is 0 Å². The molecular formula is C22H25NO5S. The number of hydrogen-bond acceptors (Lipinski definition) is 4. The highest BCUT2D eigenvalue weighted by molar-refractivity contribution is 7.90. The maximum absolute atomic E-state index is 13.3. The topological polar surface area (TPSA) is 93.4 Å². The summed E-state index contributed by atoms with van der Waals surface area (Å²) in [6.07, 6.45) is 7.46. The molecule has 2 aliphatic rings.